The lowest BCUT2D eigenvalue weighted by molar-refractivity contribution is -0.137. The molecule has 0 saturated carbocycles. The van der Waals surface area contributed by atoms with Gasteiger partial charge in [-0.3, -0.25) is 9.59 Å². The van der Waals surface area contributed by atoms with E-state index in [2.05, 4.69) is 21.9 Å². The summed E-state index contributed by atoms with van der Waals surface area (Å²) in [6.45, 7) is -0.772. The van der Waals surface area contributed by atoms with Crippen LogP contribution in [0.15, 0.2) is 22.7 Å². The summed E-state index contributed by atoms with van der Waals surface area (Å²) in [4.78, 5) is 23.4. The zero-order chi connectivity index (χ0) is 13.7. The van der Waals surface area contributed by atoms with Gasteiger partial charge in [-0.2, -0.15) is 0 Å². The number of terminal acetylenes is 1. The van der Waals surface area contributed by atoms with E-state index in [0.29, 0.717) is 4.47 Å². The van der Waals surface area contributed by atoms with E-state index in [4.69, 9.17) is 11.5 Å². The van der Waals surface area contributed by atoms with E-state index in [0.717, 1.165) is 11.0 Å². The first kappa shape index (κ1) is 14.2. The van der Waals surface area contributed by atoms with Gasteiger partial charge in [-0.05, 0) is 18.2 Å². The van der Waals surface area contributed by atoms with Gasteiger partial charge in [0.05, 0.1) is 12.1 Å². The predicted molar refractivity (Wildman–Crippen MR) is 66.5 cm³/mol. The summed E-state index contributed by atoms with van der Waals surface area (Å²) in [5, 5.41) is 8.66. The Labute approximate surface area is 112 Å². The highest BCUT2D eigenvalue weighted by Crippen LogP contribution is 2.17. The van der Waals surface area contributed by atoms with Crippen molar-refractivity contribution in [3.8, 4) is 12.3 Å². The second-order valence-corrected chi connectivity index (χ2v) is 4.30. The largest absolute Gasteiger partial charge is 0.480 e. The second kappa shape index (κ2) is 6.17. The zero-order valence-corrected chi connectivity index (χ0v) is 10.8. The lowest BCUT2D eigenvalue weighted by atomic mass is 10.2. The molecule has 1 aromatic carbocycles. The normalized spacial score (nSPS) is 9.61. The Morgan fingerprint density at radius 1 is 1.50 bits per heavy atom. The van der Waals surface area contributed by atoms with Crippen molar-refractivity contribution < 1.29 is 19.1 Å². The van der Waals surface area contributed by atoms with Crippen LogP contribution in [0.4, 0.5) is 4.39 Å². The summed E-state index contributed by atoms with van der Waals surface area (Å²) >= 11 is 3.11. The van der Waals surface area contributed by atoms with Gasteiger partial charge < -0.3 is 10.0 Å². The Bertz CT molecular complexity index is 525. The standard InChI is InChI=1S/C12H9BrFNO3/c1-2-5-15(7-11(16)17)12(18)9-6-8(13)3-4-10(9)14/h1,3-4,6H,5,7H2,(H,16,17). The number of carbonyl (C=O) groups excluding carboxylic acids is 1. The third-order valence-electron chi connectivity index (χ3n) is 2.05. The fraction of sp³-hybridized carbons (Fsp3) is 0.167. The van der Waals surface area contributed by atoms with Crippen LogP contribution in [0.2, 0.25) is 0 Å². The third-order valence-corrected chi connectivity index (χ3v) is 2.55. The van der Waals surface area contributed by atoms with Crippen LogP contribution in [-0.4, -0.2) is 35.0 Å². The van der Waals surface area contributed by atoms with Crippen molar-refractivity contribution in [1.82, 2.24) is 4.90 Å². The van der Waals surface area contributed by atoms with E-state index in [9.17, 15) is 14.0 Å². The van der Waals surface area contributed by atoms with Crippen LogP contribution in [0.25, 0.3) is 0 Å². The van der Waals surface area contributed by atoms with Crippen LogP contribution in [0.1, 0.15) is 10.4 Å². The van der Waals surface area contributed by atoms with Crippen molar-refractivity contribution in [2.75, 3.05) is 13.1 Å². The summed E-state index contributed by atoms with van der Waals surface area (Å²) in [6.07, 6.45) is 5.05. The molecule has 1 amide bonds. The number of carboxylic acids is 1. The molecule has 0 aromatic heterocycles. The third kappa shape index (κ3) is 3.57. The van der Waals surface area contributed by atoms with Gasteiger partial charge >= 0.3 is 5.97 Å². The van der Waals surface area contributed by atoms with Crippen LogP contribution in [0.5, 0.6) is 0 Å². The van der Waals surface area contributed by atoms with E-state index in [1.165, 1.54) is 12.1 Å². The van der Waals surface area contributed by atoms with E-state index in [1.807, 2.05) is 0 Å². The van der Waals surface area contributed by atoms with Crippen molar-refractivity contribution >= 4 is 27.8 Å². The number of carboxylic acid groups (broad SMARTS) is 1. The van der Waals surface area contributed by atoms with Gasteiger partial charge in [0.15, 0.2) is 0 Å². The number of benzene rings is 1. The summed E-state index contributed by atoms with van der Waals surface area (Å²) in [5.41, 5.74) is -0.221. The molecule has 4 nitrogen and oxygen atoms in total. The van der Waals surface area contributed by atoms with Gasteiger partial charge in [0.25, 0.3) is 5.91 Å². The quantitative estimate of drug-likeness (QED) is 0.862. The number of nitrogens with zero attached hydrogens (tertiary/aromatic N) is 1. The summed E-state index contributed by atoms with van der Waals surface area (Å²) in [6, 6.07) is 3.84. The molecule has 0 radical (unpaired) electrons. The van der Waals surface area contributed by atoms with Gasteiger partial charge in [-0.25, -0.2) is 4.39 Å². The highest BCUT2D eigenvalue weighted by Gasteiger charge is 2.20. The number of amides is 1. The molecule has 1 aromatic rings. The average molecular weight is 314 g/mol. The first-order valence-electron chi connectivity index (χ1n) is 4.85. The second-order valence-electron chi connectivity index (χ2n) is 3.38. The van der Waals surface area contributed by atoms with Crippen molar-refractivity contribution in [2.24, 2.45) is 0 Å². The molecule has 0 aliphatic rings. The fourth-order valence-corrected chi connectivity index (χ4v) is 1.67. The van der Waals surface area contributed by atoms with Crippen molar-refractivity contribution in [2.45, 2.75) is 0 Å². The maximum Gasteiger partial charge on any atom is 0.323 e. The highest BCUT2D eigenvalue weighted by atomic mass is 79.9. The molecule has 6 heteroatoms. The van der Waals surface area contributed by atoms with E-state index < -0.39 is 24.2 Å². The van der Waals surface area contributed by atoms with Crippen molar-refractivity contribution in [3.05, 3.63) is 34.1 Å². The molecule has 0 heterocycles. The Kier molecular flexibility index (Phi) is 4.86. The van der Waals surface area contributed by atoms with Gasteiger partial charge in [-0.15, -0.1) is 6.42 Å². The summed E-state index contributed by atoms with van der Waals surface area (Å²) < 4.78 is 14.0. The van der Waals surface area contributed by atoms with Crippen molar-refractivity contribution in [1.29, 1.82) is 0 Å². The van der Waals surface area contributed by atoms with E-state index in [-0.39, 0.29) is 12.1 Å². The van der Waals surface area contributed by atoms with E-state index >= 15 is 0 Å². The first-order chi connectivity index (χ1) is 8.45. The monoisotopic (exact) mass is 313 g/mol. The van der Waals surface area contributed by atoms with Gasteiger partial charge in [0.2, 0.25) is 0 Å². The highest BCUT2D eigenvalue weighted by molar-refractivity contribution is 9.10. The lowest BCUT2D eigenvalue weighted by Gasteiger charge is -2.18. The number of hydrogen-bond acceptors (Lipinski definition) is 2. The minimum atomic E-state index is -1.21. The predicted octanol–water partition coefficient (Wildman–Crippen LogP) is 1.75. The smallest absolute Gasteiger partial charge is 0.323 e. The first-order valence-corrected chi connectivity index (χ1v) is 5.64. The molecular formula is C12H9BrFNO3. The number of rotatable bonds is 4. The number of aliphatic carboxylic acids is 1. The SMILES string of the molecule is C#CCN(CC(=O)O)C(=O)c1cc(Br)ccc1F. The molecule has 0 aliphatic heterocycles. The molecule has 0 atom stereocenters. The molecule has 94 valence electrons. The van der Waals surface area contributed by atoms with Crippen LogP contribution in [-0.2, 0) is 4.79 Å². The number of carbonyl (C=O) groups is 2. The maximum absolute atomic E-state index is 13.5. The van der Waals surface area contributed by atoms with Crippen molar-refractivity contribution in [3.63, 3.8) is 0 Å². The Morgan fingerprint density at radius 2 is 2.17 bits per heavy atom. The van der Waals surface area contributed by atoms with Gasteiger partial charge in [0, 0.05) is 4.47 Å². The number of hydrogen-bond donors (Lipinski definition) is 1. The van der Waals surface area contributed by atoms with Crippen LogP contribution in [0.3, 0.4) is 0 Å². The Hall–Kier alpha value is -1.87. The van der Waals surface area contributed by atoms with Gasteiger partial charge in [0.1, 0.15) is 12.4 Å². The molecule has 0 aliphatic carbocycles. The summed E-state index contributed by atoms with van der Waals surface area (Å²) in [7, 11) is 0. The molecule has 0 spiro atoms. The minimum Gasteiger partial charge on any atom is -0.480 e. The molecule has 0 bridgehead atoms. The topological polar surface area (TPSA) is 57.6 Å². The maximum atomic E-state index is 13.5. The fourth-order valence-electron chi connectivity index (χ4n) is 1.30. The van der Waals surface area contributed by atoms with Crippen LogP contribution < -0.4 is 0 Å². The van der Waals surface area contributed by atoms with Crippen LogP contribution >= 0.6 is 15.9 Å². The molecule has 0 saturated heterocycles. The summed E-state index contributed by atoms with van der Waals surface area (Å²) in [5.74, 6) is -0.530. The Balaban J connectivity index is 3.05. The molecule has 18 heavy (non-hydrogen) atoms. The lowest BCUT2D eigenvalue weighted by Crippen LogP contribution is -2.36. The van der Waals surface area contributed by atoms with E-state index in [1.54, 1.807) is 0 Å². The zero-order valence-electron chi connectivity index (χ0n) is 9.19. The number of halogens is 2. The molecule has 1 rings (SSSR count). The molecule has 0 unspecified atom stereocenters. The van der Waals surface area contributed by atoms with Crippen LogP contribution in [0, 0.1) is 18.2 Å². The molecule has 0 fully saturated rings. The molecular weight excluding hydrogens is 305 g/mol. The minimum absolute atomic E-state index is 0.197. The Morgan fingerprint density at radius 3 is 2.72 bits per heavy atom. The molecule has 1 N–H and O–H groups in total. The average Bonchev–Trinajstić information content (AvgIpc) is 2.30. The van der Waals surface area contributed by atoms with Gasteiger partial charge in [-0.1, -0.05) is 21.9 Å².